The van der Waals surface area contributed by atoms with Crippen LogP contribution in [0.1, 0.15) is 13.7 Å². The monoisotopic (exact) mass is 680 g/mol. The number of benzene rings is 7. The van der Waals surface area contributed by atoms with E-state index in [0.29, 0.717) is 22.3 Å². The highest BCUT2D eigenvalue weighted by molar-refractivity contribution is 7.26. The summed E-state index contributed by atoms with van der Waals surface area (Å²) in [5, 5.41) is 2.21. The van der Waals surface area contributed by atoms with Gasteiger partial charge in [-0.25, -0.2) is 4.98 Å². The Hall–Kier alpha value is -6.63. The van der Waals surface area contributed by atoms with Gasteiger partial charge in [-0.2, -0.15) is 9.97 Å². The zero-order valence-electron chi connectivity index (χ0n) is 36.3. The Morgan fingerprint density at radius 3 is 2.10 bits per heavy atom. The number of hydrogen-bond donors (Lipinski definition) is 0. The summed E-state index contributed by atoms with van der Waals surface area (Å²) >= 11 is 0.943. The Morgan fingerprint density at radius 1 is 0.510 bits per heavy atom. The second-order valence-corrected chi connectivity index (χ2v) is 13.1. The minimum atomic E-state index is -0.546. The summed E-state index contributed by atoms with van der Waals surface area (Å²) in [5.41, 5.74) is 4.39. The van der Waals surface area contributed by atoms with Crippen molar-refractivity contribution in [2.45, 2.75) is 0 Å². The smallest absolute Gasteiger partial charge is 0.238 e. The molecule has 0 fully saturated rings. The van der Waals surface area contributed by atoms with Crippen molar-refractivity contribution in [3.63, 3.8) is 0 Å². The fourth-order valence-electron chi connectivity index (χ4n) is 6.95. The third kappa shape index (κ3) is 4.30. The number of aromatic nitrogens is 4. The molecule has 0 amide bonds. The second-order valence-electron chi connectivity index (χ2n) is 12.0. The molecule has 0 radical (unpaired) electrons. The summed E-state index contributed by atoms with van der Waals surface area (Å²) in [6, 6.07) is 26.5. The Balaban J connectivity index is 1.26. The van der Waals surface area contributed by atoms with Crippen LogP contribution in [0.3, 0.4) is 0 Å². The van der Waals surface area contributed by atoms with E-state index in [1.165, 1.54) is 4.57 Å². The molecule has 6 heteroatoms. The predicted octanol–water partition coefficient (Wildman–Crippen LogP) is 12.2. The van der Waals surface area contributed by atoms with Gasteiger partial charge in [-0.3, -0.25) is 4.57 Å². The van der Waals surface area contributed by atoms with Crippen molar-refractivity contribution in [2.75, 3.05) is 0 Å². The van der Waals surface area contributed by atoms with Gasteiger partial charge < -0.3 is 4.42 Å². The first-order valence-electron chi connectivity index (χ1n) is 21.1. The molecule has 0 N–H and O–H groups in total. The number of nitrogens with zero attached hydrogens (tertiary/aromatic N) is 4. The minimum Gasteiger partial charge on any atom is -0.456 e. The van der Waals surface area contributed by atoms with E-state index < -0.39 is 36.3 Å². The highest BCUT2D eigenvalue weighted by Crippen LogP contribution is 2.43. The first-order valence-corrected chi connectivity index (χ1v) is 16.9. The quantitative estimate of drug-likeness (QED) is 0.186. The van der Waals surface area contributed by atoms with Gasteiger partial charge in [-0.05, 0) is 53.5 Å². The van der Waals surface area contributed by atoms with E-state index in [1.54, 1.807) is 0 Å². The van der Waals surface area contributed by atoms with Crippen molar-refractivity contribution in [3.05, 3.63) is 157 Å². The average Bonchev–Trinajstić information content (AvgIpc) is 3.99. The van der Waals surface area contributed by atoms with E-state index in [1.807, 2.05) is 91.0 Å². The van der Waals surface area contributed by atoms with Crippen LogP contribution in [0.4, 0.5) is 0 Å². The van der Waals surface area contributed by atoms with Crippen LogP contribution in [0, 0.1) is 0 Å². The first kappa shape index (κ1) is 20.1. The van der Waals surface area contributed by atoms with Gasteiger partial charge in [0.15, 0.2) is 11.6 Å². The molecule has 0 aliphatic rings. The van der Waals surface area contributed by atoms with Gasteiger partial charge in [0.2, 0.25) is 5.95 Å². The lowest BCUT2D eigenvalue weighted by molar-refractivity contribution is 0.669. The Morgan fingerprint density at radius 2 is 1.25 bits per heavy atom. The van der Waals surface area contributed by atoms with E-state index in [4.69, 9.17) is 27.6 Å². The average molecular weight is 681 g/mol. The molecule has 0 aliphatic carbocycles. The van der Waals surface area contributed by atoms with E-state index in [2.05, 4.69) is 6.07 Å². The fraction of sp³-hybridized carbons (Fsp3) is 0. The molecule has 0 saturated heterocycles. The van der Waals surface area contributed by atoms with Crippen LogP contribution in [-0.2, 0) is 0 Å². The normalized spacial score (nSPS) is 14.7. The summed E-state index contributed by atoms with van der Waals surface area (Å²) in [5.74, 6) is 0.319. The van der Waals surface area contributed by atoms with Crippen LogP contribution < -0.4 is 0 Å². The zero-order chi connectivity index (χ0) is 42.2. The topological polar surface area (TPSA) is 56.7 Å². The standard InChI is InChI=1S/C45H26N4OS/c1-3-12-27(13-4-1)30-18-11-20-36-40(30)32-23-22-29(26-37(32)50-36)44-46-43(28-14-5-2-6-15-28)47-45(48-44)49-34-19-9-7-16-31(34)41-35(49)24-25-39-42(41)33-17-8-10-21-38(33)51-39/h1-26H/i7D,8D,9D,10D,16D,17D,19D,21D,24D,25D. The second kappa shape index (κ2) is 10.9. The number of fused-ring (bicyclic) bond motifs is 10. The molecular weight excluding hydrogens is 645 g/mol. The van der Waals surface area contributed by atoms with Crippen molar-refractivity contribution in [2.24, 2.45) is 0 Å². The Bertz CT molecular complexity index is 3720. The van der Waals surface area contributed by atoms with Crippen LogP contribution in [0.5, 0.6) is 0 Å². The fourth-order valence-corrected chi connectivity index (χ4v) is 7.92. The Kier molecular flexibility index (Phi) is 4.32. The summed E-state index contributed by atoms with van der Waals surface area (Å²) in [7, 11) is 0. The summed E-state index contributed by atoms with van der Waals surface area (Å²) in [6.07, 6.45) is 0. The van der Waals surface area contributed by atoms with Crippen molar-refractivity contribution >= 4 is 75.3 Å². The molecular formula is C45H26N4OS. The predicted molar refractivity (Wildman–Crippen MR) is 211 cm³/mol. The van der Waals surface area contributed by atoms with Crippen molar-refractivity contribution in [1.29, 1.82) is 0 Å². The van der Waals surface area contributed by atoms with Crippen molar-refractivity contribution in [1.82, 2.24) is 19.5 Å². The molecule has 11 aromatic rings. The highest BCUT2D eigenvalue weighted by atomic mass is 32.1. The molecule has 0 unspecified atom stereocenters. The maximum Gasteiger partial charge on any atom is 0.238 e. The van der Waals surface area contributed by atoms with Crippen molar-refractivity contribution < 1.29 is 18.1 Å². The lowest BCUT2D eigenvalue weighted by Gasteiger charge is -2.11. The van der Waals surface area contributed by atoms with Gasteiger partial charge in [0.25, 0.3) is 0 Å². The van der Waals surface area contributed by atoms with Crippen LogP contribution in [0.15, 0.2) is 162 Å². The molecule has 238 valence electrons. The zero-order valence-corrected chi connectivity index (χ0v) is 27.2. The first-order chi connectivity index (χ1) is 29.4. The third-order valence-corrected chi connectivity index (χ3v) is 10.2. The summed E-state index contributed by atoms with van der Waals surface area (Å²) in [4.78, 5) is 14.8. The van der Waals surface area contributed by atoms with Crippen molar-refractivity contribution in [3.8, 4) is 39.9 Å². The van der Waals surface area contributed by atoms with E-state index >= 15 is 0 Å². The lowest BCUT2D eigenvalue weighted by Crippen LogP contribution is -2.06. The lowest BCUT2D eigenvalue weighted by atomic mass is 9.99. The molecule has 0 spiro atoms. The molecule has 4 aromatic heterocycles. The molecule has 0 aliphatic heterocycles. The summed E-state index contributed by atoms with van der Waals surface area (Å²) in [6.45, 7) is 0. The van der Waals surface area contributed by atoms with Gasteiger partial charge in [-0.1, -0.05) is 115 Å². The maximum absolute atomic E-state index is 9.50. The Labute approximate surface area is 309 Å². The van der Waals surface area contributed by atoms with E-state index in [0.717, 1.165) is 33.2 Å². The number of rotatable bonds is 4. The molecule has 51 heavy (non-hydrogen) atoms. The van der Waals surface area contributed by atoms with Crippen LogP contribution in [0.2, 0.25) is 0 Å². The van der Waals surface area contributed by atoms with Gasteiger partial charge in [-0.15, -0.1) is 11.3 Å². The number of hydrogen-bond acceptors (Lipinski definition) is 5. The molecule has 5 nitrogen and oxygen atoms in total. The van der Waals surface area contributed by atoms with Gasteiger partial charge in [0.05, 0.1) is 24.7 Å². The number of thiophene rings is 1. The van der Waals surface area contributed by atoms with Crippen LogP contribution in [0.25, 0.3) is 104 Å². The van der Waals surface area contributed by atoms with Gasteiger partial charge >= 0.3 is 0 Å². The third-order valence-electron chi connectivity index (χ3n) is 9.18. The molecule has 0 bridgehead atoms. The van der Waals surface area contributed by atoms with E-state index in [-0.39, 0.29) is 83.7 Å². The van der Waals surface area contributed by atoms with Crippen LogP contribution >= 0.6 is 11.3 Å². The molecule has 7 aromatic carbocycles. The van der Waals surface area contributed by atoms with Gasteiger partial charge in [0, 0.05) is 52.8 Å². The number of furan rings is 1. The van der Waals surface area contributed by atoms with Gasteiger partial charge in [0.1, 0.15) is 11.2 Å². The molecule has 4 heterocycles. The molecule has 0 atom stereocenters. The number of para-hydroxylation sites is 1. The SMILES string of the molecule is [2H]c1c([2H])c([2H])c2c(sc3c([2H])c([2H])c4c(c5c([2H])c([2H])c([2H])c([2H])c5n4-c4nc(-c5ccccc5)nc(-c5ccc6c(c5)oc5cccc(-c7ccccc7)c56)n4)c32)c1[2H]. The molecule has 0 saturated carbocycles. The highest BCUT2D eigenvalue weighted by Gasteiger charge is 2.21. The summed E-state index contributed by atoms with van der Waals surface area (Å²) < 4.78 is 97.5. The minimum absolute atomic E-state index is 0.00671. The largest absolute Gasteiger partial charge is 0.456 e. The van der Waals surface area contributed by atoms with Crippen LogP contribution in [-0.4, -0.2) is 19.5 Å². The maximum atomic E-state index is 9.50. The molecule has 11 rings (SSSR count). The van der Waals surface area contributed by atoms with E-state index in [9.17, 15) is 5.48 Å².